The first-order valence-electron chi connectivity index (χ1n) is 13.9. The third-order valence-corrected chi connectivity index (χ3v) is 8.00. The van der Waals surface area contributed by atoms with Gasteiger partial charge >= 0.3 is 23.6 Å². The van der Waals surface area contributed by atoms with Gasteiger partial charge in [0.25, 0.3) is 12.2 Å². The monoisotopic (exact) mass is 655 g/mol. The molecular formula is C28H38N3O11PS. The van der Waals surface area contributed by atoms with Crippen molar-refractivity contribution in [3.05, 3.63) is 75.1 Å². The fourth-order valence-corrected chi connectivity index (χ4v) is 5.79. The first-order valence-corrected chi connectivity index (χ1v) is 16.6. The van der Waals surface area contributed by atoms with Gasteiger partial charge in [-0.05, 0) is 51.6 Å². The molecule has 44 heavy (non-hydrogen) atoms. The van der Waals surface area contributed by atoms with E-state index >= 15 is 0 Å². The van der Waals surface area contributed by atoms with Gasteiger partial charge in [-0.1, -0.05) is 32.0 Å². The topological polar surface area (TPSA) is 177 Å². The highest BCUT2D eigenvalue weighted by Crippen LogP contribution is 2.46. The molecule has 0 unspecified atom stereocenters. The molecule has 0 radical (unpaired) electrons. The molecule has 1 fully saturated rings. The Bertz CT molecular complexity index is 1510. The number of hydrogen-bond donors (Lipinski definition) is 3. The Morgan fingerprint density at radius 1 is 1.16 bits per heavy atom. The summed E-state index contributed by atoms with van der Waals surface area (Å²) in [6.07, 6.45) is -3.01. The van der Waals surface area contributed by atoms with Crippen molar-refractivity contribution in [2.24, 2.45) is 0 Å². The first kappa shape index (κ1) is 35.0. The van der Waals surface area contributed by atoms with Crippen LogP contribution in [0.2, 0.25) is 0 Å². The van der Waals surface area contributed by atoms with Gasteiger partial charge in [0.2, 0.25) is 0 Å². The van der Waals surface area contributed by atoms with Crippen LogP contribution in [0.5, 0.6) is 5.75 Å². The molecule has 0 amide bonds. The number of aromatic amines is 1. The molecule has 0 saturated carbocycles. The number of nitrogens with zero attached hydrogens (tertiary/aromatic N) is 1. The van der Waals surface area contributed by atoms with Crippen LogP contribution in [-0.4, -0.2) is 56.9 Å². The number of benzene rings is 1. The van der Waals surface area contributed by atoms with Gasteiger partial charge in [0.15, 0.2) is 17.9 Å². The lowest BCUT2D eigenvalue weighted by atomic mass is 9.95. The molecule has 2 aromatic rings. The van der Waals surface area contributed by atoms with Crippen molar-refractivity contribution in [2.45, 2.75) is 84.5 Å². The van der Waals surface area contributed by atoms with Crippen molar-refractivity contribution < 1.29 is 42.7 Å². The zero-order chi connectivity index (χ0) is 32.7. The van der Waals surface area contributed by atoms with Crippen molar-refractivity contribution in [1.29, 1.82) is 0 Å². The van der Waals surface area contributed by atoms with Crippen molar-refractivity contribution >= 4 is 30.4 Å². The maximum Gasteiger partial charge on any atom is 0.330 e. The van der Waals surface area contributed by atoms with E-state index in [2.05, 4.69) is 10.1 Å². The number of esters is 2. The van der Waals surface area contributed by atoms with Gasteiger partial charge in [0.1, 0.15) is 11.9 Å². The molecule has 16 heteroatoms. The molecule has 5 atom stereocenters. The number of aromatic nitrogens is 2. The molecule has 2 heterocycles. The van der Waals surface area contributed by atoms with Gasteiger partial charge in [0.05, 0.1) is 18.4 Å². The number of ether oxygens (including phenoxy) is 5. The summed E-state index contributed by atoms with van der Waals surface area (Å²) < 4.78 is 35.8. The number of carbonyl (C=O) groups excluding carboxylic acids is 2. The predicted octanol–water partition coefficient (Wildman–Crippen LogP) is 2.98. The fourth-order valence-electron chi connectivity index (χ4n) is 4.27. The minimum atomic E-state index is -3.83. The number of carbonyl (C=O) groups is 2. The third-order valence-electron chi connectivity index (χ3n) is 6.30. The van der Waals surface area contributed by atoms with Crippen molar-refractivity contribution in [3.8, 4) is 5.75 Å². The SMILES string of the molecule is CCC(=O)O[C@@H]1[C@@H](CO[P@](O)(=S)NC(C)=C(Oc2ccccc2)OC(C)C)O[C@@H](n2ccc(=O)[nH]c2=O)[C@]1(C)OC(=O)CC. The number of hydrogen-bond acceptors (Lipinski definition) is 11. The summed E-state index contributed by atoms with van der Waals surface area (Å²) in [4.78, 5) is 62.7. The molecule has 1 aromatic heterocycles. The van der Waals surface area contributed by atoms with Crippen molar-refractivity contribution in [2.75, 3.05) is 6.61 Å². The van der Waals surface area contributed by atoms with Gasteiger partial charge < -0.3 is 38.2 Å². The Balaban J connectivity index is 1.92. The Hall–Kier alpha value is -3.49. The number of rotatable bonds is 14. The Morgan fingerprint density at radius 2 is 1.82 bits per heavy atom. The van der Waals surface area contributed by atoms with E-state index in [-0.39, 0.29) is 30.6 Å². The van der Waals surface area contributed by atoms with Crippen LogP contribution in [0.1, 0.15) is 60.6 Å². The predicted molar refractivity (Wildman–Crippen MR) is 162 cm³/mol. The van der Waals surface area contributed by atoms with Gasteiger partial charge in [-0.2, -0.15) is 0 Å². The average Bonchev–Trinajstić information content (AvgIpc) is 3.21. The highest BCUT2D eigenvalue weighted by atomic mass is 32.5. The highest BCUT2D eigenvalue weighted by Gasteiger charge is 2.60. The minimum absolute atomic E-state index is 0.0191. The van der Waals surface area contributed by atoms with E-state index in [0.717, 1.165) is 10.6 Å². The molecular weight excluding hydrogens is 617 g/mol. The number of allylic oxidation sites excluding steroid dienone is 1. The lowest BCUT2D eigenvalue weighted by Gasteiger charge is -2.34. The quantitative estimate of drug-likeness (QED) is 0.154. The molecule has 242 valence electrons. The lowest BCUT2D eigenvalue weighted by Crippen LogP contribution is -2.51. The number of H-pyrrole nitrogens is 1. The molecule has 1 aliphatic heterocycles. The van der Waals surface area contributed by atoms with Crippen LogP contribution in [-0.2, 0) is 44.9 Å². The Kier molecular flexibility index (Phi) is 11.9. The second kappa shape index (κ2) is 15.0. The summed E-state index contributed by atoms with van der Waals surface area (Å²) in [6, 6.07) is 9.94. The Labute approximate surface area is 259 Å². The third kappa shape index (κ3) is 9.02. The summed E-state index contributed by atoms with van der Waals surface area (Å²) in [7, 11) is 0. The summed E-state index contributed by atoms with van der Waals surface area (Å²) >= 11 is 5.35. The first-order chi connectivity index (χ1) is 20.7. The summed E-state index contributed by atoms with van der Waals surface area (Å²) in [6.45, 7) is 5.47. The van der Waals surface area contributed by atoms with E-state index in [1.165, 1.54) is 13.1 Å². The van der Waals surface area contributed by atoms with Gasteiger partial charge in [0, 0.05) is 25.1 Å². The highest BCUT2D eigenvalue weighted by molar-refractivity contribution is 8.08. The van der Waals surface area contributed by atoms with Crippen LogP contribution in [0.15, 0.2) is 63.8 Å². The van der Waals surface area contributed by atoms with E-state index in [0.29, 0.717) is 5.75 Å². The average molecular weight is 656 g/mol. The molecule has 3 rings (SSSR count). The van der Waals surface area contributed by atoms with Crippen LogP contribution in [0.4, 0.5) is 0 Å². The summed E-state index contributed by atoms with van der Waals surface area (Å²) in [5.74, 6) is -0.767. The second-order valence-corrected chi connectivity index (χ2v) is 13.2. The van der Waals surface area contributed by atoms with Crippen molar-refractivity contribution in [1.82, 2.24) is 14.6 Å². The molecule has 0 bridgehead atoms. The van der Waals surface area contributed by atoms with Gasteiger partial charge in [-0.3, -0.25) is 23.9 Å². The van der Waals surface area contributed by atoms with E-state index in [9.17, 15) is 24.1 Å². The minimum Gasteiger partial charge on any atom is -0.461 e. The van der Waals surface area contributed by atoms with Crippen LogP contribution in [0, 0.1) is 0 Å². The van der Waals surface area contributed by atoms with E-state index < -0.39 is 60.5 Å². The van der Waals surface area contributed by atoms with Crippen LogP contribution in [0.25, 0.3) is 0 Å². The summed E-state index contributed by atoms with van der Waals surface area (Å²) in [5.41, 5.74) is -3.02. The lowest BCUT2D eigenvalue weighted by molar-refractivity contribution is -0.187. The maximum atomic E-state index is 12.7. The Morgan fingerprint density at radius 3 is 2.41 bits per heavy atom. The smallest absolute Gasteiger partial charge is 0.330 e. The van der Waals surface area contributed by atoms with Crippen molar-refractivity contribution in [3.63, 3.8) is 0 Å². The number of nitrogens with one attached hydrogen (secondary N) is 2. The molecule has 0 aliphatic carbocycles. The molecule has 3 N–H and O–H groups in total. The van der Waals surface area contributed by atoms with E-state index in [1.54, 1.807) is 58.9 Å². The largest absolute Gasteiger partial charge is 0.461 e. The maximum absolute atomic E-state index is 12.7. The second-order valence-electron chi connectivity index (χ2n) is 10.2. The van der Waals surface area contributed by atoms with Crippen LogP contribution < -0.4 is 21.1 Å². The zero-order valence-corrected chi connectivity index (χ0v) is 27.0. The molecule has 1 aromatic carbocycles. The molecule has 1 saturated heterocycles. The summed E-state index contributed by atoms with van der Waals surface area (Å²) in [5, 5.41) is 2.74. The molecule has 1 aliphatic rings. The van der Waals surface area contributed by atoms with Gasteiger partial charge in [-0.25, -0.2) is 4.79 Å². The fraction of sp³-hybridized carbons (Fsp3) is 0.500. The standard InChI is InChI=1S/C28H38N3O11PS/c1-7-22(33)41-24-20(40-26(28(24,6)42-23(34)8-2)31-15-14-21(32)29-27(31)35)16-37-43(36,44)30-18(5)25(38-17(3)4)39-19-12-10-9-11-13-19/h9-15,17,20,24,26H,7-8,16H2,1-6H3,(H,29,32,35)(H2,30,36,44)/t20-,24-,26-,28-,43+/m1/s1. The molecule has 14 nitrogen and oxygen atoms in total. The van der Waals surface area contributed by atoms with Gasteiger partial charge in [-0.15, -0.1) is 0 Å². The normalized spacial score (nSPS) is 23.3. The van der Waals surface area contributed by atoms with E-state index in [1.807, 2.05) is 6.07 Å². The molecule has 0 spiro atoms. The number of para-hydroxylation sites is 1. The zero-order valence-electron chi connectivity index (χ0n) is 25.3. The van der Waals surface area contributed by atoms with E-state index in [4.69, 9.17) is 40.0 Å². The van der Waals surface area contributed by atoms with Crippen LogP contribution >= 0.6 is 6.64 Å². The van der Waals surface area contributed by atoms with Crippen LogP contribution in [0.3, 0.4) is 0 Å².